The Morgan fingerprint density at radius 1 is 1.08 bits per heavy atom. The van der Waals surface area contributed by atoms with E-state index in [9.17, 15) is 24.3 Å². The van der Waals surface area contributed by atoms with E-state index in [0.29, 0.717) is 17.7 Å². The van der Waals surface area contributed by atoms with Gasteiger partial charge in [-0.2, -0.15) is 0 Å². The number of benzene rings is 2. The number of carboxylic acids is 1. The molecular formula is C29H34N2O7. The molecule has 0 radical (unpaired) electrons. The number of hydrogen-bond donors (Lipinski definition) is 1. The summed E-state index contributed by atoms with van der Waals surface area (Å²) in [5, 5.41) is 10.5. The number of fused-ring (bicyclic) bond motifs is 1. The molecule has 0 aromatic heterocycles. The first kappa shape index (κ1) is 27.2. The minimum atomic E-state index is -1.68. The number of esters is 1. The first-order valence-corrected chi connectivity index (χ1v) is 12.9. The molecule has 0 aliphatic carbocycles. The van der Waals surface area contributed by atoms with Crippen LogP contribution in [0.3, 0.4) is 0 Å². The van der Waals surface area contributed by atoms with Crippen LogP contribution in [0, 0.1) is 0 Å². The van der Waals surface area contributed by atoms with Gasteiger partial charge >= 0.3 is 18.0 Å². The summed E-state index contributed by atoms with van der Waals surface area (Å²) in [4.78, 5) is 55.8. The molecule has 1 N–H and O–H groups in total. The van der Waals surface area contributed by atoms with Crippen LogP contribution in [0.15, 0.2) is 54.6 Å². The summed E-state index contributed by atoms with van der Waals surface area (Å²) in [6, 6.07) is 15.0. The lowest BCUT2D eigenvalue weighted by molar-refractivity contribution is -0.163. The van der Waals surface area contributed by atoms with Crippen molar-refractivity contribution in [3.05, 3.63) is 65.7 Å². The molecule has 2 heterocycles. The normalized spacial score (nSPS) is 23.8. The van der Waals surface area contributed by atoms with Gasteiger partial charge in [0.05, 0.1) is 0 Å². The van der Waals surface area contributed by atoms with Crippen molar-refractivity contribution in [2.45, 2.75) is 76.7 Å². The van der Waals surface area contributed by atoms with Gasteiger partial charge in [0.2, 0.25) is 0 Å². The minimum absolute atomic E-state index is 0.0165. The molecule has 3 unspecified atom stereocenters. The number of hydrogen-bond acceptors (Lipinski definition) is 6. The van der Waals surface area contributed by atoms with Gasteiger partial charge in [-0.15, -0.1) is 0 Å². The van der Waals surface area contributed by atoms with Gasteiger partial charge < -0.3 is 14.6 Å². The molecule has 2 aromatic carbocycles. The third-order valence-electron chi connectivity index (χ3n) is 7.12. The number of nitrogens with zero attached hydrogens (tertiary/aromatic N) is 2. The van der Waals surface area contributed by atoms with Crippen LogP contribution in [0.4, 0.5) is 10.5 Å². The van der Waals surface area contributed by atoms with E-state index < -0.39 is 47.2 Å². The average molecular weight is 523 g/mol. The van der Waals surface area contributed by atoms with Gasteiger partial charge in [0.25, 0.3) is 5.91 Å². The van der Waals surface area contributed by atoms with E-state index in [1.54, 1.807) is 64.1 Å². The maximum Gasteiger partial charge on any atom is 0.412 e. The van der Waals surface area contributed by atoms with Crippen LogP contribution in [0.25, 0.3) is 0 Å². The van der Waals surface area contributed by atoms with Crippen molar-refractivity contribution in [1.29, 1.82) is 0 Å². The highest BCUT2D eigenvalue weighted by Crippen LogP contribution is 2.42. The number of para-hydroxylation sites is 1. The first-order chi connectivity index (χ1) is 18.0. The van der Waals surface area contributed by atoms with E-state index >= 15 is 0 Å². The van der Waals surface area contributed by atoms with Crippen LogP contribution in [0.2, 0.25) is 0 Å². The van der Waals surface area contributed by atoms with E-state index in [1.807, 2.05) is 18.2 Å². The molecule has 1 saturated heterocycles. The van der Waals surface area contributed by atoms with E-state index in [0.717, 1.165) is 10.5 Å². The largest absolute Gasteiger partial charge is 0.479 e. The van der Waals surface area contributed by atoms with Crippen molar-refractivity contribution in [3.63, 3.8) is 0 Å². The molecule has 0 saturated carbocycles. The van der Waals surface area contributed by atoms with Crippen LogP contribution in [0.1, 0.15) is 64.2 Å². The van der Waals surface area contributed by atoms with Crippen LogP contribution in [0.5, 0.6) is 0 Å². The predicted octanol–water partition coefficient (Wildman–Crippen LogP) is 4.49. The molecule has 4 rings (SSSR count). The summed E-state index contributed by atoms with van der Waals surface area (Å²) in [7, 11) is 0. The molecule has 9 heteroatoms. The lowest BCUT2D eigenvalue weighted by Crippen LogP contribution is -2.67. The highest BCUT2D eigenvalue weighted by Gasteiger charge is 2.57. The molecule has 1 fully saturated rings. The Morgan fingerprint density at radius 2 is 1.74 bits per heavy atom. The SMILES string of the molecule is CCC1(C(=O)O)CC(c2ccccc2)OC(=O)N1C1CCc2ccccc2N(CC(=O)OC(C)(C)C)C1=O. The van der Waals surface area contributed by atoms with Crippen molar-refractivity contribution < 1.29 is 33.8 Å². The molecule has 2 aromatic rings. The predicted molar refractivity (Wildman–Crippen MR) is 140 cm³/mol. The molecule has 9 nitrogen and oxygen atoms in total. The van der Waals surface area contributed by atoms with E-state index in [1.165, 1.54) is 4.90 Å². The summed E-state index contributed by atoms with van der Waals surface area (Å²) in [6.45, 7) is 6.53. The van der Waals surface area contributed by atoms with Crippen molar-refractivity contribution in [2.75, 3.05) is 11.4 Å². The molecule has 0 bridgehead atoms. The van der Waals surface area contributed by atoms with Crippen LogP contribution in [-0.2, 0) is 30.3 Å². The van der Waals surface area contributed by atoms with Crippen molar-refractivity contribution in [1.82, 2.24) is 4.90 Å². The Hall–Kier alpha value is -3.88. The van der Waals surface area contributed by atoms with Crippen LogP contribution >= 0.6 is 0 Å². The molecule has 0 spiro atoms. The summed E-state index contributed by atoms with van der Waals surface area (Å²) in [5.74, 6) is -2.35. The van der Waals surface area contributed by atoms with Gasteiger partial charge in [0.15, 0.2) is 0 Å². The quantitative estimate of drug-likeness (QED) is 0.556. The number of amides is 2. The number of carbonyl (C=O) groups is 4. The van der Waals surface area contributed by atoms with Crippen LogP contribution < -0.4 is 4.90 Å². The molecule has 38 heavy (non-hydrogen) atoms. The average Bonchev–Trinajstić information content (AvgIpc) is 2.99. The molecule has 3 atom stereocenters. The summed E-state index contributed by atoms with van der Waals surface area (Å²) in [5.41, 5.74) is -0.391. The smallest absolute Gasteiger partial charge is 0.412 e. The van der Waals surface area contributed by atoms with E-state index in [2.05, 4.69) is 0 Å². The van der Waals surface area contributed by atoms with Crippen molar-refractivity contribution in [3.8, 4) is 0 Å². The zero-order valence-electron chi connectivity index (χ0n) is 22.2. The van der Waals surface area contributed by atoms with Gasteiger partial charge in [-0.05, 0) is 57.2 Å². The Kier molecular flexibility index (Phi) is 7.49. The summed E-state index contributed by atoms with van der Waals surface area (Å²) >= 11 is 0. The van der Waals surface area contributed by atoms with E-state index in [-0.39, 0.29) is 25.8 Å². The first-order valence-electron chi connectivity index (χ1n) is 12.9. The maximum absolute atomic E-state index is 14.1. The minimum Gasteiger partial charge on any atom is -0.479 e. The van der Waals surface area contributed by atoms with Gasteiger partial charge in [0.1, 0.15) is 29.8 Å². The molecule has 2 aliphatic heterocycles. The van der Waals surface area contributed by atoms with Gasteiger partial charge in [-0.25, -0.2) is 9.59 Å². The number of aliphatic carboxylic acids is 1. The second kappa shape index (κ2) is 10.5. The monoisotopic (exact) mass is 522 g/mol. The highest BCUT2D eigenvalue weighted by molar-refractivity contribution is 6.04. The van der Waals surface area contributed by atoms with E-state index in [4.69, 9.17) is 9.47 Å². The molecule has 2 aliphatic rings. The zero-order chi connectivity index (χ0) is 27.7. The number of cyclic esters (lactones) is 1. The third kappa shape index (κ3) is 5.23. The Balaban J connectivity index is 1.74. The third-order valence-corrected chi connectivity index (χ3v) is 7.12. The summed E-state index contributed by atoms with van der Waals surface area (Å²) < 4.78 is 11.2. The number of anilines is 1. The number of carboxylic acid groups (broad SMARTS) is 1. The lowest BCUT2D eigenvalue weighted by Gasteiger charge is -2.48. The van der Waals surface area contributed by atoms with Crippen molar-refractivity contribution >= 4 is 29.6 Å². The number of ether oxygens (including phenoxy) is 2. The van der Waals surface area contributed by atoms with Gasteiger partial charge in [0, 0.05) is 12.1 Å². The van der Waals surface area contributed by atoms with Gasteiger partial charge in [-0.3, -0.25) is 19.4 Å². The molecule has 202 valence electrons. The fraction of sp³-hybridized carbons (Fsp3) is 0.448. The van der Waals surface area contributed by atoms with Gasteiger partial charge in [-0.1, -0.05) is 55.5 Å². The number of carbonyl (C=O) groups excluding carboxylic acids is 3. The van der Waals surface area contributed by atoms with Crippen LogP contribution in [-0.4, -0.2) is 57.7 Å². The highest BCUT2D eigenvalue weighted by atomic mass is 16.6. The standard InChI is InChI=1S/C29H34N2O7/c1-5-29(26(34)35)17-23(20-12-7-6-8-13-20)37-27(36)31(29)22-16-15-19-11-9-10-14-21(19)30(25(22)33)18-24(32)38-28(2,3)4/h6-14,22-23H,5,15-18H2,1-4H3,(H,34,35). The fourth-order valence-electron chi connectivity index (χ4n) is 5.34. The number of rotatable bonds is 6. The Labute approximate surface area is 222 Å². The fourth-order valence-corrected chi connectivity index (χ4v) is 5.34. The molecular weight excluding hydrogens is 488 g/mol. The maximum atomic E-state index is 14.1. The Morgan fingerprint density at radius 3 is 2.37 bits per heavy atom. The second-order valence-corrected chi connectivity index (χ2v) is 10.7. The molecule has 2 amide bonds. The number of aryl methyl sites for hydroxylation is 1. The topological polar surface area (TPSA) is 113 Å². The zero-order valence-corrected chi connectivity index (χ0v) is 22.2. The lowest BCUT2D eigenvalue weighted by atomic mass is 9.82. The van der Waals surface area contributed by atoms with Crippen molar-refractivity contribution in [2.24, 2.45) is 0 Å². The Bertz CT molecular complexity index is 1220. The second-order valence-electron chi connectivity index (χ2n) is 10.7. The summed E-state index contributed by atoms with van der Waals surface area (Å²) in [6.07, 6.45) is -0.993.